The van der Waals surface area contributed by atoms with Crippen molar-refractivity contribution in [3.05, 3.63) is 121 Å². The van der Waals surface area contributed by atoms with Gasteiger partial charge in [0.2, 0.25) is 5.91 Å². The summed E-state index contributed by atoms with van der Waals surface area (Å²) in [6, 6.07) is 13.8. The van der Waals surface area contributed by atoms with E-state index in [1.54, 1.807) is 30.3 Å². The Morgan fingerprint density at radius 1 is 1.00 bits per heavy atom. The highest BCUT2D eigenvalue weighted by Crippen LogP contribution is 2.96. The number of fused-ring (bicyclic) bond motifs is 2. The van der Waals surface area contributed by atoms with Gasteiger partial charge in [-0.15, -0.1) is 0 Å². The van der Waals surface area contributed by atoms with Gasteiger partial charge in [-0.2, -0.15) is 13.9 Å². The zero-order chi connectivity index (χ0) is 34.9. The molecule has 1 unspecified atom stereocenters. The van der Waals surface area contributed by atoms with Crippen molar-refractivity contribution < 1.29 is 31.1 Å². The van der Waals surface area contributed by atoms with Crippen molar-refractivity contribution in [2.45, 2.75) is 68.4 Å². The van der Waals surface area contributed by atoms with Crippen LogP contribution in [0.15, 0.2) is 69.9 Å². The molecule has 1 amide bonds. The topological polar surface area (TPSA) is 81.8 Å². The van der Waals surface area contributed by atoms with Crippen molar-refractivity contribution in [1.82, 2.24) is 24.6 Å². The van der Waals surface area contributed by atoms with E-state index in [1.165, 1.54) is 4.57 Å². The monoisotopic (exact) mass is 753 g/mol. The Balaban J connectivity index is 1.15. The number of benzene rings is 3. The molecule has 0 aliphatic heterocycles. The van der Waals surface area contributed by atoms with E-state index in [4.69, 9.17) is 4.98 Å². The Morgan fingerprint density at radius 2 is 1.70 bits per heavy atom. The minimum atomic E-state index is -3.44. The summed E-state index contributed by atoms with van der Waals surface area (Å²) in [5.74, 6) is -5.67. The first-order valence-corrected chi connectivity index (χ1v) is 17.0. The first kappa shape index (κ1) is 31.5. The van der Waals surface area contributed by atoms with Crippen LogP contribution >= 0.6 is 15.9 Å². The molecule has 2 heterocycles. The summed E-state index contributed by atoms with van der Waals surface area (Å²) in [5.41, 5.74) is -2.60. The van der Waals surface area contributed by atoms with Crippen LogP contribution in [0.1, 0.15) is 78.0 Å². The van der Waals surface area contributed by atoms with Crippen molar-refractivity contribution in [2.75, 3.05) is 0 Å². The van der Waals surface area contributed by atoms with E-state index < -0.39 is 70.3 Å². The third-order valence-corrected chi connectivity index (χ3v) is 11.3. The standard InChI is InChI=1S/C36H26BrF6N5O2/c37-20-5-8-24-25(12-20)45-32(48(33(24)50)23-6-3-19(4-7-23)18-1-2-18)26(11-17-9-21(38)13-22(39)10-17)44-27(49)14-47-30-28(29(46-47)31(40)41)34-15-35(34,16-34)36(30,42)43/h3-10,12-13,18,26,31H,1-2,11,14-16H2,(H,44,49). The summed E-state index contributed by atoms with van der Waals surface area (Å²) in [5, 5.41) is 6.78. The third-order valence-electron chi connectivity index (χ3n) is 10.8. The Kier molecular flexibility index (Phi) is 6.64. The normalized spacial score (nSPS) is 23.0. The minimum Gasteiger partial charge on any atom is -0.344 e. The number of hydrogen-bond donors (Lipinski definition) is 1. The minimum absolute atomic E-state index is 0.00218. The number of halogens is 7. The van der Waals surface area contributed by atoms with Crippen molar-refractivity contribution in [2.24, 2.45) is 5.41 Å². The maximum absolute atomic E-state index is 15.7. The van der Waals surface area contributed by atoms with Gasteiger partial charge in [-0.3, -0.25) is 18.8 Å². The molecule has 5 aromatic rings. The lowest BCUT2D eigenvalue weighted by atomic mass is 9.93. The van der Waals surface area contributed by atoms with Gasteiger partial charge in [-0.1, -0.05) is 28.1 Å². The van der Waals surface area contributed by atoms with Crippen LogP contribution in [0, 0.1) is 17.0 Å². The van der Waals surface area contributed by atoms with Crippen LogP contribution in [0.5, 0.6) is 0 Å². The SMILES string of the molecule is O=C(Cn1nc(C(F)F)c2c1C(F)(F)C13CC21C3)NC(Cc1cc(F)cc(F)c1)c1nc2cc(Br)ccc2c(=O)n1-c1ccc(C2CC2)cc1. The maximum Gasteiger partial charge on any atom is 0.296 e. The van der Waals surface area contributed by atoms with Crippen LogP contribution in [0.2, 0.25) is 0 Å². The highest BCUT2D eigenvalue weighted by Gasteiger charge is 2.98. The van der Waals surface area contributed by atoms with Gasteiger partial charge in [0.1, 0.15) is 35.4 Å². The summed E-state index contributed by atoms with van der Waals surface area (Å²) in [6.07, 6.45) is -1.07. The Hall–Kier alpha value is -4.46. The molecule has 0 spiro atoms. The van der Waals surface area contributed by atoms with E-state index in [1.807, 2.05) is 12.1 Å². The van der Waals surface area contributed by atoms with Gasteiger partial charge in [0.25, 0.3) is 17.9 Å². The summed E-state index contributed by atoms with van der Waals surface area (Å²) >= 11 is 3.39. The van der Waals surface area contributed by atoms with E-state index in [-0.39, 0.29) is 47.1 Å². The van der Waals surface area contributed by atoms with Gasteiger partial charge in [0.15, 0.2) is 0 Å². The van der Waals surface area contributed by atoms with Crippen molar-refractivity contribution in [3.8, 4) is 5.69 Å². The van der Waals surface area contributed by atoms with E-state index in [9.17, 15) is 27.2 Å². The molecule has 1 N–H and O–H groups in total. The number of amides is 1. The first-order valence-electron chi connectivity index (χ1n) is 16.2. The zero-order valence-electron chi connectivity index (χ0n) is 26.0. The van der Waals surface area contributed by atoms with Crippen LogP contribution in [0.4, 0.5) is 26.3 Å². The molecule has 3 fully saturated rings. The smallest absolute Gasteiger partial charge is 0.296 e. The van der Waals surface area contributed by atoms with Gasteiger partial charge < -0.3 is 5.32 Å². The Labute approximate surface area is 288 Å². The number of aromatic nitrogens is 4. The second-order valence-electron chi connectivity index (χ2n) is 13.9. The molecule has 50 heavy (non-hydrogen) atoms. The summed E-state index contributed by atoms with van der Waals surface area (Å²) in [7, 11) is 0. The molecule has 3 saturated carbocycles. The number of nitrogens with zero attached hydrogens (tertiary/aromatic N) is 4. The fourth-order valence-corrected chi connectivity index (χ4v) is 8.46. The molecule has 0 bridgehead atoms. The van der Waals surface area contributed by atoms with Gasteiger partial charge in [-0.05, 0) is 85.2 Å². The molecule has 14 heteroatoms. The largest absolute Gasteiger partial charge is 0.344 e. The number of rotatable bonds is 9. The number of hydrogen-bond acceptors (Lipinski definition) is 4. The molecule has 2 aromatic heterocycles. The summed E-state index contributed by atoms with van der Waals surface area (Å²) in [6.45, 7) is -0.843. The second kappa shape index (κ2) is 10.5. The van der Waals surface area contributed by atoms with E-state index >= 15 is 8.78 Å². The van der Waals surface area contributed by atoms with Crippen LogP contribution in [0.25, 0.3) is 16.6 Å². The molecule has 9 rings (SSSR count). The van der Waals surface area contributed by atoms with Gasteiger partial charge in [-0.25, -0.2) is 22.5 Å². The number of alkyl halides is 4. The van der Waals surface area contributed by atoms with Crippen molar-refractivity contribution >= 4 is 32.7 Å². The lowest BCUT2D eigenvalue weighted by Crippen LogP contribution is -2.38. The molecule has 256 valence electrons. The predicted molar refractivity (Wildman–Crippen MR) is 172 cm³/mol. The molecule has 1 atom stereocenters. The number of carbonyl (C=O) groups excluding carboxylic acids is 1. The van der Waals surface area contributed by atoms with Gasteiger partial charge >= 0.3 is 0 Å². The zero-order valence-corrected chi connectivity index (χ0v) is 27.6. The predicted octanol–water partition coefficient (Wildman–Crippen LogP) is 7.68. The maximum atomic E-state index is 15.7. The highest BCUT2D eigenvalue weighted by atomic mass is 79.9. The number of nitrogens with one attached hydrogen (secondary N) is 1. The average Bonchev–Trinajstić information content (AvgIpc) is 3.98. The highest BCUT2D eigenvalue weighted by molar-refractivity contribution is 9.10. The van der Waals surface area contributed by atoms with Crippen molar-refractivity contribution in [3.63, 3.8) is 0 Å². The van der Waals surface area contributed by atoms with Crippen LogP contribution in [-0.4, -0.2) is 25.2 Å². The lowest BCUT2D eigenvalue weighted by molar-refractivity contribution is -0.123. The molecular formula is C36H26BrF6N5O2. The molecule has 4 aliphatic rings. The summed E-state index contributed by atoms with van der Waals surface area (Å²) in [4.78, 5) is 32.7. The molecule has 0 saturated heterocycles. The Bertz CT molecular complexity index is 2310. The molecule has 4 aliphatic carbocycles. The fourth-order valence-electron chi connectivity index (χ4n) is 8.11. The average molecular weight is 755 g/mol. The van der Waals surface area contributed by atoms with Gasteiger partial charge in [0, 0.05) is 27.9 Å². The first-order chi connectivity index (χ1) is 23.8. The van der Waals surface area contributed by atoms with Crippen LogP contribution in [-0.2, 0) is 29.1 Å². The Morgan fingerprint density at radius 3 is 2.36 bits per heavy atom. The third kappa shape index (κ3) is 4.55. The van der Waals surface area contributed by atoms with Gasteiger partial charge in [0.05, 0.1) is 28.0 Å². The lowest BCUT2D eigenvalue weighted by Gasteiger charge is -2.25. The van der Waals surface area contributed by atoms with E-state index in [0.29, 0.717) is 26.8 Å². The summed E-state index contributed by atoms with van der Waals surface area (Å²) < 4.78 is 90.8. The fraction of sp³-hybridized carbons (Fsp3) is 0.333. The van der Waals surface area contributed by atoms with E-state index in [0.717, 1.165) is 30.5 Å². The quantitative estimate of drug-likeness (QED) is 0.157. The van der Waals surface area contributed by atoms with E-state index in [2.05, 4.69) is 26.3 Å². The molecule has 0 radical (unpaired) electrons. The van der Waals surface area contributed by atoms with Crippen molar-refractivity contribution in [1.29, 1.82) is 0 Å². The second-order valence-corrected chi connectivity index (χ2v) is 14.8. The van der Waals surface area contributed by atoms with Crippen LogP contribution in [0.3, 0.4) is 0 Å². The molecular weight excluding hydrogens is 728 g/mol. The molecule has 7 nitrogen and oxygen atoms in total. The number of carbonyl (C=O) groups is 1. The van der Waals surface area contributed by atoms with Crippen LogP contribution < -0.4 is 10.9 Å². The molecule has 3 aromatic carbocycles.